The third-order valence-electron chi connectivity index (χ3n) is 3.03. The largest absolute Gasteiger partial charge is 0.493 e. The van der Waals surface area contributed by atoms with E-state index in [0.717, 1.165) is 21.5 Å². The van der Waals surface area contributed by atoms with E-state index in [1.165, 1.54) is 0 Å². The molecule has 118 valence electrons. The molecule has 0 atom stereocenters. The molecule has 0 aliphatic heterocycles. The van der Waals surface area contributed by atoms with E-state index in [4.69, 9.17) is 14.2 Å². The SMILES string of the molecule is CNCc1cc(Br)cc(OC)c1OCCOc1ccccc1. The third kappa shape index (κ3) is 4.64. The van der Waals surface area contributed by atoms with Gasteiger partial charge in [-0.25, -0.2) is 0 Å². The highest BCUT2D eigenvalue weighted by Gasteiger charge is 2.12. The van der Waals surface area contributed by atoms with Gasteiger partial charge in [0.15, 0.2) is 11.5 Å². The molecule has 5 heteroatoms. The Morgan fingerprint density at radius 1 is 1.05 bits per heavy atom. The van der Waals surface area contributed by atoms with E-state index in [1.54, 1.807) is 7.11 Å². The van der Waals surface area contributed by atoms with Gasteiger partial charge in [-0.05, 0) is 31.3 Å². The minimum absolute atomic E-state index is 0.448. The van der Waals surface area contributed by atoms with E-state index < -0.39 is 0 Å². The molecule has 2 aromatic carbocycles. The molecule has 2 aromatic rings. The van der Waals surface area contributed by atoms with Crippen molar-refractivity contribution in [2.45, 2.75) is 6.54 Å². The summed E-state index contributed by atoms with van der Waals surface area (Å²) in [6.07, 6.45) is 0. The van der Waals surface area contributed by atoms with Crippen LogP contribution in [0.2, 0.25) is 0 Å². The molecule has 0 spiro atoms. The van der Waals surface area contributed by atoms with Crippen molar-refractivity contribution in [1.29, 1.82) is 0 Å². The lowest BCUT2D eigenvalue weighted by molar-refractivity contribution is 0.209. The van der Waals surface area contributed by atoms with Gasteiger partial charge in [0, 0.05) is 16.6 Å². The fourth-order valence-corrected chi connectivity index (χ4v) is 2.56. The number of methoxy groups -OCH3 is 1. The monoisotopic (exact) mass is 365 g/mol. The summed E-state index contributed by atoms with van der Waals surface area (Å²) in [6, 6.07) is 13.6. The van der Waals surface area contributed by atoms with E-state index in [9.17, 15) is 0 Å². The maximum absolute atomic E-state index is 5.88. The third-order valence-corrected chi connectivity index (χ3v) is 3.48. The Bertz CT molecular complexity index is 590. The van der Waals surface area contributed by atoms with Gasteiger partial charge in [0.05, 0.1) is 7.11 Å². The van der Waals surface area contributed by atoms with Gasteiger partial charge in [0.2, 0.25) is 0 Å². The highest BCUT2D eigenvalue weighted by Crippen LogP contribution is 2.34. The first-order valence-electron chi connectivity index (χ1n) is 7.06. The van der Waals surface area contributed by atoms with Crippen molar-refractivity contribution in [3.8, 4) is 17.2 Å². The number of hydrogen-bond donors (Lipinski definition) is 1. The minimum atomic E-state index is 0.448. The molecule has 0 unspecified atom stereocenters. The summed E-state index contributed by atoms with van der Waals surface area (Å²) in [7, 11) is 3.54. The van der Waals surface area contributed by atoms with Crippen LogP contribution >= 0.6 is 15.9 Å². The standard InChI is InChI=1S/C17H20BrNO3/c1-19-12-13-10-14(18)11-16(20-2)17(13)22-9-8-21-15-6-4-3-5-7-15/h3-7,10-11,19H,8-9,12H2,1-2H3. The molecule has 0 heterocycles. The molecule has 0 saturated carbocycles. The summed E-state index contributed by atoms with van der Waals surface area (Å²) in [6.45, 7) is 1.62. The van der Waals surface area contributed by atoms with Gasteiger partial charge in [-0.15, -0.1) is 0 Å². The number of para-hydroxylation sites is 1. The summed E-state index contributed by atoms with van der Waals surface area (Å²) in [5, 5.41) is 3.13. The summed E-state index contributed by atoms with van der Waals surface area (Å²) in [5.74, 6) is 2.29. The number of benzene rings is 2. The van der Waals surface area contributed by atoms with Crippen LogP contribution in [0.5, 0.6) is 17.2 Å². The first-order valence-corrected chi connectivity index (χ1v) is 7.85. The minimum Gasteiger partial charge on any atom is -0.493 e. The molecule has 2 rings (SSSR count). The molecule has 0 aliphatic carbocycles. The van der Waals surface area contributed by atoms with Crippen molar-refractivity contribution in [1.82, 2.24) is 5.32 Å². The van der Waals surface area contributed by atoms with Crippen molar-refractivity contribution in [2.75, 3.05) is 27.4 Å². The highest BCUT2D eigenvalue weighted by molar-refractivity contribution is 9.10. The van der Waals surface area contributed by atoms with Gasteiger partial charge in [-0.1, -0.05) is 34.1 Å². The van der Waals surface area contributed by atoms with Gasteiger partial charge in [-0.2, -0.15) is 0 Å². The van der Waals surface area contributed by atoms with Crippen LogP contribution in [0.25, 0.3) is 0 Å². The highest BCUT2D eigenvalue weighted by atomic mass is 79.9. The number of rotatable bonds is 8. The molecule has 0 amide bonds. The zero-order valence-electron chi connectivity index (χ0n) is 12.8. The number of nitrogens with one attached hydrogen (secondary N) is 1. The lowest BCUT2D eigenvalue weighted by atomic mass is 10.2. The lowest BCUT2D eigenvalue weighted by Crippen LogP contribution is -2.13. The Morgan fingerprint density at radius 3 is 2.45 bits per heavy atom. The second kappa shape index (κ2) is 8.66. The normalized spacial score (nSPS) is 10.3. The van der Waals surface area contributed by atoms with Crippen molar-refractivity contribution >= 4 is 15.9 Å². The molecule has 4 nitrogen and oxygen atoms in total. The van der Waals surface area contributed by atoms with Gasteiger partial charge in [-0.3, -0.25) is 0 Å². The van der Waals surface area contributed by atoms with Crippen LogP contribution in [-0.4, -0.2) is 27.4 Å². The number of ether oxygens (including phenoxy) is 3. The van der Waals surface area contributed by atoms with Gasteiger partial charge >= 0.3 is 0 Å². The van der Waals surface area contributed by atoms with Gasteiger partial charge in [0.25, 0.3) is 0 Å². The van der Waals surface area contributed by atoms with Crippen molar-refractivity contribution < 1.29 is 14.2 Å². The predicted molar refractivity (Wildman–Crippen MR) is 90.9 cm³/mol. The first-order chi connectivity index (χ1) is 10.7. The second-order valence-corrected chi connectivity index (χ2v) is 5.55. The van der Waals surface area contributed by atoms with Crippen LogP contribution in [0.3, 0.4) is 0 Å². The Morgan fingerprint density at radius 2 is 1.77 bits per heavy atom. The van der Waals surface area contributed by atoms with E-state index >= 15 is 0 Å². The molecular weight excluding hydrogens is 346 g/mol. The number of halogens is 1. The fourth-order valence-electron chi connectivity index (χ4n) is 2.08. The molecule has 0 saturated heterocycles. The average Bonchev–Trinajstić information content (AvgIpc) is 2.54. The average molecular weight is 366 g/mol. The van der Waals surface area contributed by atoms with E-state index in [-0.39, 0.29) is 0 Å². The summed E-state index contributed by atoms with van der Waals surface area (Å²) < 4.78 is 17.9. The molecule has 0 fully saturated rings. The summed E-state index contributed by atoms with van der Waals surface area (Å²) in [5.41, 5.74) is 1.04. The molecule has 0 radical (unpaired) electrons. The summed E-state index contributed by atoms with van der Waals surface area (Å²) in [4.78, 5) is 0. The second-order valence-electron chi connectivity index (χ2n) is 4.64. The Hall–Kier alpha value is -1.72. The Balaban J connectivity index is 1.99. The van der Waals surface area contributed by atoms with Crippen LogP contribution in [-0.2, 0) is 6.54 Å². The van der Waals surface area contributed by atoms with Crippen molar-refractivity contribution in [2.24, 2.45) is 0 Å². The van der Waals surface area contributed by atoms with Gasteiger partial charge in [0.1, 0.15) is 19.0 Å². The molecule has 0 aromatic heterocycles. The van der Waals surface area contributed by atoms with Crippen LogP contribution in [0.1, 0.15) is 5.56 Å². The number of hydrogen-bond acceptors (Lipinski definition) is 4. The van der Waals surface area contributed by atoms with Crippen LogP contribution in [0, 0.1) is 0 Å². The van der Waals surface area contributed by atoms with Crippen LogP contribution in [0.4, 0.5) is 0 Å². The Labute approximate surface area is 139 Å². The fraction of sp³-hybridized carbons (Fsp3) is 0.294. The topological polar surface area (TPSA) is 39.7 Å². The first kappa shape index (κ1) is 16.6. The zero-order chi connectivity index (χ0) is 15.8. The summed E-state index contributed by atoms with van der Waals surface area (Å²) >= 11 is 3.48. The van der Waals surface area contributed by atoms with E-state index in [0.29, 0.717) is 25.5 Å². The molecule has 22 heavy (non-hydrogen) atoms. The van der Waals surface area contributed by atoms with Crippen molar-refractivity contribution in [3.05, 3.63) is 52.5 Å². The molecule has 0 bridgehead atoms. The zero-order valence-corrected chi connectivity index (χ0v) is 14.4. The lowest BCUT2D eigenvalue weighted by Gasteiger charge is -2.16. The predicted octanol–water partition coefficient (Wildman–Crippen LogP) is 3.63. The molecular formula is C17H20BrNO3. The van der Waals surface area contributed by atoms with Crippen molar-refractivity contribution in [3.63, 3.8) is 0 Å². The maximum Gasteiger partial charge on any atom is 0.165 e. The quantitative estimate of drug-likeness (QED) is 0.725. The molecule has 0 aliphatic rings. The smallest absolute Gasteiger partial charge is 0.165 e. The van der Waals surface area contributed by atoms with E-state index in [1.807, 2.05) is 49.5 Å². The van der Waals surface area contributed by atoms with Crippen LogP contribution in [0.15, 0.2) is 46.9 Å². The van der Waals surface area contributed by atoms with Crippen LogP contribution < -0.4 is 19.5 Å². The maximum atomic E-state index is 5.88. The Kier molecular flexibility index (Phi) is 6.55. The van der Waals surface area contributed by atoms with Gasteiger partial charge < -0.3 is 19.5 Å². The van der Waals surface area contributed by atoms with E-state index in [2.05, 4.69) is 21.2 Å². The molecule has 1 N–H and O–H groups in total.